The van der Waals surface area contributed by atoms with Crippen LogP contribution >= 0.6 is 15.9 Å². The molecule has 0 unspecified atom stereocenters. The number of nitrogens with one attached hydrogen (secondary N) is 1. The van der Waals surface area contributed by atoms with Crippen molar-refractivity contribution in [3.8, 4) is 0 Å². The smallest absolute Gasteiger partial charge is 0.324 e. The van der Waals surface area contributed by atoms with Gasteiger partial charge in [0.05, 0.1) is 17.8 Å². The van der Waals surface area contributed by atoms with Gasteiger partial charge in [-0.05, 0) is 34.1 Å². The highest BCUT2D eigenvalue weighted by atomic mass is 79.9. The first-order chi connectivity index (χ1) is 7.34. The van der Waals surface area contributed by atoms with E-state index in [1.54, 1.807) is 0 Å². The van der Waals surface area contributed by atoms with Gasteiger partial charge in [0.1, 0.15) is 0 Å². The van der Waals surface area contributed by atoms with E-state index in [0.717, 1.165) is 12.1 Å². The summed E-state index contributed by atoms with van der Waals surface area (Å²) in [7, 11) is 0. The predicted octanol–water partition coefficient (Wildman–Crippen LogP) is 2.37. The van der Waals surface area contributed by atoms with E-state index in [0.29, 0.717) is 4.47 Å². The number of hydrogen-bond donors (Lipinski definition) is 2. The van der Waals surface area contributed by atoms with Gasteiger partial charge in [0.25, 0.3) is 0 Å². The summed E-state index contributed by atoms with van der Waals surface area (Å²) in [6.07, 6.45) is -4.44. The highest BCUT2D eigenvalue weighted by Crippen LogP contribution is 2.33. The fraction of sp³-hybridized carbons (Fsp3) is 0.222. The second-order valence-electron chi connectivity index (χ2n) is 2.94. The van der Waals surface area contributed by atoms with Crippen molar-refractivity contribution in [2.75, 3.05) is 11.9 Å². The van der Waals surface area contributed by atoms with Gasteiger partial charge in [-0.1, -0.05) is 0 Å². The Labute approximate surface area is 97.9 Å². The summed E-state index contributed by atoms with van der Waals surface area (Å²) in [6.45, 7) is -0.289. The minimum atomic E-state index is -4.44. The molecule has 0 spiro atoms. The molecule has 16 heavy (non-hydrogen) atoms. The molecular weight excluding hydrogens is 289 g/mol. The van der Waals surface area contributed by atoms with Crippen molar-refractivity contribution in [2.45, 2.75) is 6.18 Å². The molecule has 0 heterocycles. The van der Waals surface area contributed by atoms with Crippen molar-refractivity contribution in [3.05, 3.63) is 28.2 Å². The summed E-state index contributed by atoms with van der Waals surface area (Å²) >= 11 is 3.03. The van der Waals surface area contributed by atoms with E-state index in [1.165, 1.54) is 6.07 Å². The SMILES string of the molecule is NCC(=O)Nc1cc(C(F)(F)F)ccc1Br. The Bertz CT molecular complexity index is 406. The Balaban J connectivity index is 3.04. The molecule has 0 aromatic heterocycles. The molecule has 0 bridgehead atoms. The molecule has 0 aliphatic carbocycles. The Morgan fingerprint density at radius 2 is 2.06 bits per heavy atom. The summed E-state index contributed by atoms with van der Waals surface area (Å²) < 4.78 is 37.5. The molecule has 1 aromatic carbocycles. The molecule has 0 atom stereocenters. The molecular formula is C9H8BrF3N2O. The van der Waals surface area contributed by atoms with Crippen LogP contribution in [-0.4, -0.2) is 12.5 Å². The second-order valence-corrected chi connectivity index (χ2v) is 3.80. The van der Waals surface area contributed by atoms with Crippen molar-refractivity contribution in [3.63, 3.8) is 0 Å². The number of halogens is 4. The number of amides is 1. The lowest BCUT2D eigenvalue weighted by Gasteiger charge is -2.11. The first-order valence-corrected chi connectivity index (χ1v) is 5.00. The number of hydrogen-bond acceptors (Lipinski definition) is 2. The number of alkyl halides is 3. The molecule has 0 aliphatic heterocycles. The number of anilines is 1. The molecule has 7 heteroatoms. The Morgan fingerprint density at radius 1 is 1.44 bits per heavy atom. The van der Waals surface area contributed by atoms with Crippen LogP contribution in [0.1, 0.15) is 5.56 Å². The van der Waals surface area contributed by atoms with Crippen molar-refractivity contribution in [1.82, 2.24) is 0 Å². The van der Waals surface area contributed by atoms with E-state index < -0.39 is 17.6 Å². The van der Waals surface area contributed by atoms with Crippen LogP contribution in [0.3, 0.4) is 0 Å². The Morgan fingerprint density at radius 3 is 2.56 bits per heavy atom. The minimum Gasteiger partial charge on any atom is -0.324 e. The topological polar surface area (TPSA) is 55.1 Å². The van der Waals surface area contributed by atoms with Crippen molar-refractivity contribution in [1.29, 1.82) is 0 Å². The first-order valence-electron chi connectivity index (χ1n) is 4.21. The van der Waals surface area contributed by atoms with E-state index in [9.17, 15) is 18.0 Å². The normalized spacial score (nSPS) is 11.3. The van der Waals surface area contributed by atoms with Gasteiger partial charge in [-0.15, -0.1) is 0 Å². The monoisotopic (exact) mass is 296 g/mol. The number of carbonyl (C=O) groups excluding carboxylic acids is 1. The van der Waals surface area contributed by atoms with E-state index in [1.807, 2.05) is 0 Å². The molecule has 1 aromatic rings. The van der Waals surface area contributed by atoms with Crippen molar-refractivity contribution < 1.29 is 18.0 Å². The van der Waals surface area contributed by atoms with Crippen LogP contribution in [0.4, 0.5) is 18.9 Å². The third-order valence-electron chi connectivity index (χ3n) is 1.75. The fourth-order valence-corrected chi connectivity index (χ4v) is 1.34. The molecule has 3 nitrogen and oxygen atoms in total. The fourth-order valence-electron chi connectivity index (χ4n) is 0.999. The minimum absolute atomic E-state index is 0.0466. The van der Waals surface area contributed by atoms with Gasteiger partial charge in [-0.2, -0.15) is 13.2 Å². The molecule has 0 aliphatic rings. The molecule has 0 saturated carbocycles. The molecule has 0 radical (unpaired) electrons. The summed E-state index contributed by atoms with van der Waals surface area (Å²) in [4.78, 5) is 11.0. The maximum atomic E-state index is 12.4. The summed E-state index contributed by atoms with van der Waals surface area (Å²) in [5.74, 6) is -0.556. The van der Waals surface area contributed by atoms with Crippen LogP contribution in [0.2, 0.25) is 0 Å². The highest BCUT2D eigenvalue weighted by Gasteiger charge is 2.31. The quantitative estimate of drug-likeness (QED) is 0.880. The van der Waals surface area contributed by atoms with Crippen LogP contribution in [0.15, 0.2) is 22.7 Å². The standard InChI is InChI=1S/C9H8BrF3N2O/c10-6-2-1-5(9(11,12)13)3-7(6)15-8(16)4-14/h1-3H,4,14H2,(H,15,16). The molecule has 3 N–H and O–H groups in total. The van der Waals surface area contributed by atoms with Crippen LogP contribution in [0.25, 0.3) is 0 Å². The van der Waals surface area contributed by atoms with Crippen molar-refractivity contribution >= 4 is 27.5 Å². The third-order valence-corrected chi connectivity index (χ3v) is 2.44. The van der Waals surface area contributed by atoms with Crippen LogP contribution in [-0.2, 0) is 11.0 Å². The average Bonchev–Trinajstić information content (AvgIpc) is 2.19. The van der Waals surface area contributed by atoms with Crippen molar-refractivity contribution in [2.24, 2.45) is 5.73 Å². The molecule has 0 fully saturated rings. The van der Waals surface area contributed by atoms with Crippen LogP contribution in [0, 0.1) is 0 Å². The summed E-state index contributed by atoms with van der Waals surface area (Å²) in [5, 5.41) is 2.26. The van der Waals surface area contributed by atoms with Gasteiger partial charge in [0, 0.05) is 4.47 Å². The Hall–Kier alpha value is -1.08. The van der Waals surface area contributed by atoms with E-state index in [4.69, 9.17) is 5.73 Å². The largest absolute Gasteiger partial charge is 0.416 e. The first kappa shape index (κ1) is 13.0. The van der Waals surface area contributed by atoms with E-state index in [2.05, 4.69) is 21.2 Å². The van der Waals surface area contributed by atoms with Gasteiger partial charge >= 0.3 is 6.18 Å². The molecule has 0 saturated heterocycles. The maximum absolute atomic E-state index is 12.4. The number of nitrogens with two attached hydrogens (primary N) is 1. The van der Waals surface area contributed by atoms with Crippen LogP contribution in [0.5, 0.6) is 0 Å². The lowest BCUT2D eigenvalue weighted by atomic mass is 10.2. The summed E-state index contributed by atoms with van der Waals surface area (Å²) in [6, 6.07) is 2.98. The second kappa shape index (κ2) is 4.84. The lowest BCUT2D eigenvalue weighted by Crippen LogP contribution is -2.22. The third kappa shape index (κ3) is 3.21. The van der Waals surface area contributed by atoms with E-state index >= 15 is 0 Å². The Kier molecular flexibility index (Phi) is 3.93. The summed E-state index contributed by atoms with van der Waals surface area (Å²) in [5.41, 5.74) is 4.26. The number of benzene rings is 1. The zero-order chi connectivity index (χ0) is 12.3. The average molecular weight is 297 g/mol. The molecule has 1 rings (SSSR count). The number of rotatable bonds is 2. The highest BCUT2D eigenvalue weighted by molar-refractivity contribution is 9.10. The lowest BCUT2D eigenvalue weighted by molar-refractivity contribution is -0.137. The van der Waals surface area contributed by atoms with Gasteiger partial charge in [0.2, 0.25) is 5.91 Å². The predicted molar refractivity (Wildman–Crippen MR) is 56.8 cm³/mol. The molecule has 1 amide bonds. The van der Waals surface area contributed by atoms with Gasteiger partial charge in [-0.3, -0.25) is 4.79 Å². The van der Waals surface area contributed by atoms with Gasteiger partial charge in [-0.25, -0.2) is 0 Å². The van der Waals surface area contributed by atoms with Gasteiger partial charge < -0.3 is 11.1 Å². The molecule has 88 valence electrons. The zero-order valence-corrected chi connectivity index (χ0v) is 9.52. The number of carbonyl (C=O) groups is 1. The van der Waals surface area contributed by atoms with E-state index in [-0.39, 0.29) is 12.2 Å². The van der Waals surface area contributed by atoms with Crippen LogP contribution < -0.4 is 11.1 Å². The van der Waals surface area contributed by atoms with Gasteiger partial charge in [0.15, 0.2) is 0 Å². The maximum Gasteiger partial charge on any atom is 0.416 e. The zero-order valence-electron chi connectivity index (χ0n) is 7.94.